The minimum Gasteiger partial charge on any atom is -0.489 e. The number of ether oxygens (including phenoxy) is 1. The molecule has 2 aromatic carbocycles. The van der Waals surface area contributed by atoms with Gasteiger partial charge in [0.15, 0.2) is 0 Å². The second-order valence-corrected chi connectivity index (χ2v) is 4.57. The van der Waals surface area contributed by atoms with E-state index in [2.05, 4.69) is 0 Å². The van der Waals surface area contributed by atoms with Crippen LogP contribution in [-0.2, 0) is 6.61 Å². The van der Waals surface area contributed by atoms with E-state index in [1.165, 1.54) is 12.1 Å². The van der Waals surface area contributed by atoms with Crippen molar-refractivity contribution in [1.29, 1.82) is 0 Å². The van der Waals surface area contributed by atoms with Gasteiger partial charge in [0.1, 0.15) is 18.2 Å². The van der Waals surface area contributed by atoms with Crippen LogP contribution >= 0.6 is 0 Å². The molecule has 2 rings (SSSR count). The standard InChI is InChI=1S/C16H17FO2/c1-11-7-8-14(17)9-13(11)10-19-16-6-4-3-5-15(16)12(2)18/h3-9,12,18H,10H2,1-2H3/t12-/m1/s1. The number of aliphatic hydroxyl groups is 1. The van der Waals surface area contributed by atoms with Gasteiger partial charge < -0.3 is 9.84 Å². The first-order chi connectivity index (χ1) is 9.08. The molecule has 0 aliphatic heterocycles. The van der Waals surface area contributed by atoms with Crippen molar-refractivity contribution in [3.63, 3.8) is 0 Å². The summed E-state index contributed by atoms with van der Waals surface area (Å²) in [6.07, 6.45) is -0.593. The maximum absolute atomic E-state index is 13.2. The zero-order valence-electron chi connectivity index (χ0n) is 11.1. The summed E-state index contributed by atoms with van der Waals surface area (Å²) in [7, 11) is 0. The highest BCUT2D eigenvalue weighted by molar-refractivity contribution is 5.35. The molecule has 19 heavy (non-hydrogen) atoms. The predicted molar refractivity (Wildman–Crippen MR) is 72.5 cm³/mol. The van der Waals surface area contributed by atoms with Crippen LogP contribution in [-0.4, -0.2) is 5.11 Å². The summed E-state index contributed by atoms with van der Waals surface area (Å²) < 4.78 is 18.9. The molecule has 3 heteroatoms. The number of aliphatic hydroxyl groups excluding tert-OH is 1. The average Bonchev–Trinajstić information content (AvgIpc) is 2.40. The molecule has 1 atom stereocenters. The molecule has 0 aromatic heterocycles. The molecule has 0 amide bonds. The van der Waals surface area contributed by atoms with E-state index in [0.29, 0.717) is 5.75 Å². The molecule has 0 saturated carbocycles. The first-order valence-electron chi connectivity index (χ1n) is 6.22. The van der Waals surface area contributed by atoms with Crippen molar-refractivity contribution < 1.29 is 14.2 Å². The van der Waals surface area contributed by atoms with Crippen LogP contribution < -0.4 is 4.74 Å². The lowest BCUT2D eigenvalue weighted by Crippen LogP contribution is -2.02. The van der Waals surface area contributed by atoms with Gasteiger partial charge in [-0.25, -0.2) is 4.39 Å². The molecule has 0 aliphatic rings. The molecule has 0 saturated heterocycles. The Hall–Kier alpha value is -1.87. The number of halogens is 1. The Morgan fingerprint density at radius 1 is 1.21 bits per heavy atom. The van der Waals surface area contributed by atoms with E-state index in [1.54, 1.807) is 19.1 Å². The minimum atomic E-state index is -0.593. The highest BCUT2D eigenvalue weighted by Gasteiger charge is 2.09. The molecular formula is C16H17FO2. The van der Waals surface area contributed by atoms with Crippen LogP contribution in [0.25, 0.3) is 0 Å². The van der Waals surface area contributed by atoms with Gasteiger partial charge in [-0.15, -0.1) is 0 Å². The summed E-state index contributed by atoms with van der Waals surface area (Å²) >= 11 is 0. The molecule has 2 nitrogen and oxygen atoms in total. The molecule has 100 valence electrons. The topological polar surface area (TPSA) is 29.5 Å². The van der Waals surface area contributed by atoms with Crippen molar-refractivity contribution in [2.75, 3.05) is 0 Å². The molecule has 0 spiro atoms. The summed E-state index contributed by atoms with van der Waals surface area (Å²) in [5.41, 5.74) is 2.52. The Balaban J connectivity index is 2.17. The van der Waals surface area contributed by atoms with Crippen LogP contribution in [0.5, 0.6) is 5.75 Å². The van der Waals surface area contributed by atoms with Crippen molar-refractivity contribution in [2.24, 2.45) is 0 Å². The lowest BCUT2D eigenvalue weighted by Gasteiger charge is -2.14. The smallest absolute Gasteiger partial charge is 0.125 e. The van der Waals surface area contributed by atoms with E-state index in [-0.39, 0.29) is 12.4 Å². The van der Waals surface area contributed by atoms with Gasteiger partial charge in [-0.05, 0) is 43.2 Å². The van der Waals surface area contributed by atoms with E-state index >= 15 is 0 Å². The molecule has 0 fully saturated rings. The van der Waals surface area contributed by atoms with Crippen molar-refractivity contribution in [3.8, 4) is 5.75 Å². The number of hydrogen-bond donors (Lipinski definition) is 1. The van der Waals surface area contributed by atoms with Gasteiger partial charge in [0.25, 0.3) is 0 Å². The van der Waals surface area contributed by atoms with Gasteiger partial charge in [0.2, 0.25) is 0 Å². The zero-order valence-corrected chi connectivity index (χ0v) is 11.1. The lowest BCUT2D eigenvalue weighted by atomic mass is 10.1. The van der Waals surface area contributed by atoms with E-state index in [9.17, 15) is 9.50 Å². The summed E-state index contributed by atoms with van der Waals surface area (Å²) in [5, 5.41) is 9.66. The second kappa shape index (κ2) is 5.85. The molecule has 0 heterocycles. The minimum absolute atomic E-state index is 0.270. The summed E-state index contributed by atoms with van der Waals surface area (Å²) in [6.45, 7) is 3.89. The van der Waals surface area contributed by atoms with Crippen molar-refractivity contribution in [1.82, 2.24) is 0 Å². The van der Waals surface area contributed by atoms with Crippen molar-refractivity contribution in [2.45, 2.75) is 26.6 Å². The summed E-state index contributed by atoms with van der Waals surface area (Å²) in [5.74, 6) is 0.356. The highest BCUT2D eigenvalue weighted by atomic mass is 19.1. The third-order valence-corrected chi connectivity index (χ3v) is 3.06. The monoisotopic (exact) mass is 260 g/mol. The highest BCUT2D eigenvalue weighted by Crippen LogP contribution is 2.25. The number of para-hydroxylation sites is 1. The summed E-state index contributed by atoms with van der Waals surface area (Å²) in [6, 6.07) is 12.0. The van der Waals surface area contributed by atoms with Gasteiger partial charge >= 0.3 is 0 Å². The molecule has 0 unspecified atom stereocenters. The number of hydrogen-bond acceptors (Lipinski definition) is 2. The van der Waals surface area contributed by atoms with Crippen LogP contribution in [0, 0.1) is 12.7 Å². The quantitative estimate of drug-likeness (QED) is 0.906. The fourth-order valence-electron chi connectivity index (χ4n) is 1.91. The molecule has 1 N–H and O–H groups in total. The number of benzene rings is 2. The summed E-state index contributed by atoms with van der Waals surface area (Å²) in [4.78, 5) is 0. The molecule has 0 aliphatic carbocycles. The van der Waals surface area contributed by atoms with Crippen LogP contribution in [0.15, 0.2) is 42.5 Å². The Labute approximate surface area is 112 Å². The molecule has 0 radical (unpaired) electrons. The maximum atomic E-state index is 13.2. The number of aryl methyl sites for hydroxylation is 1. The zero-order chi connectivity index (χ0) is 13.8. The number of rotatable bonds is 4. The van der Waals surface area contributed by atoms with Crippen LogP contribution in [0.1, 0.15) is 29.7 Å². The van der Waals surface area contributed by atoms with E-state index in [0.717, 1.165) is 16.7 Å². The third kappa shape index (κ3) is 3.32. The Bertz CT molecular complexity index is 564. The van der Waals surface area contributed by atoms with Gasteiger partial charge in [-0.1, -0.05) is 24.3 Å². The normalized spacial score (nSPS) is 12.2. The molecular weight excluding hydrogens is 243 g/mol. The first kappa shape index (κ1) is 13.6. The van der Waals surface area contributed by atoms with Gasteiger partial charge in [0.05, 0.1) is 6.10 Å². The first-order valence-corrected chi connectivity index (χ1v) is 6.22. The van der Waals surface area contributed by atoms with Crippen molar-refractivity contribution in [3.05, 3.63) is 65.0 Å². The SMILES string of the molecule is Cc1ccc(F)cc1COc1ccccc1[C@@H](C)O. The van der Waals surface area contributed by atoms with E-state index in [4.69, 9.17) is 4.74 Å². The van der Waals surface area contributed by atoms with Crippen LogP contribution in [0.2, 0.25) is 0 Å². The van der Waals surface area contributed by atoms with E-state index in [1.807, 2.05) is 25.1 Å². The van der Waals surface area contributed by atoms with Gasteiger partial charge in [0, 0.05) is 5.56 Å². The van der Waals surface area contributed by atoms with Crippen LogP contribution in [0.4, 0.5) is 4.39 Å². The Morgan fingerprint density at radius 2 is 1.95 bits per heavy atom. The molecule has 0 bridgehead atoms. The third-order valence-electron chi connectivity index (χ3n) is 3.06. The average molecular weight is 260 g/mol. The fourth-order valence-corrected chi connectivity index (χ4v) is 1.91. The largest absolute Gasteiger partial charge is 0.489 e. The van der Waals surface area contributed by atoms with Gasteiger partial charge in [-0.2, -0.15) is 0 Å². The second-order valence-electron chi connectivity index (χ2n) is 4.57. The van der Waals surface area contributed by atoms with Gasteiger partial charge in [-0.3, -0.25) is 0 Å². The predicted octanol–water partition coefficient (Wildman–Crippen LogP) is 3.77. The lowest BCUT2D eigenvalue weighted by molar-refractivity contribution is 0.190. The maximum Gasteiger partial charge on any atom is 0.125 e. The fraction of sp³-hybridized carbons (Fsp3) is 0.250. The molecule has 2 aromatic rings. The van der Waals surface area contributed by atoms with Crippen LogP contribution in [0.3, 0.4) is 0 Å². The Morgan fingerprint density at radius 3 is 2.68 bits per heavy atom. The van der Waals surface area contributed by atoms with E-state index < -0.39 is 6.10 Å². The Kier molecular flexibility index (Phi) is 4.17. The van der Waals surface area contributed by atoms with Crippen molar-refractivity contribution >= 4 is 0 Å².